The van der Waals surface area contributed by atoms with Crippen molar-refractivity contribution < 1.29 is 19.1 Å². The number of aliphatic imine (C=N–C) groups is 1. The van der Waals surface area contributed by atoms with E-state index < -0.39 is 0 Å². The third-order valence-electron chi connectivity index (χ3n) is 8.00. The van der Waals surface area contributed by atoms with Crippen LogP contribution in [0.15, 0.2) is 4.99 Å². The Morgan fingerprint density at radius 3 is 2.08 bits per heavy atom. The van der Waals surface area contributed by atoms with Gasteiger partial charge in [-0.15, -0.1) is 0 Å². The zero-order valence-electron chi connectivity index (χ0n) is 24.5. The molecule has 4 atom stereocenters. The lowest BCUT2D eigenvalue weighted by Gasteiger charge is -2.37. The van der Waals surface area contributed by atoms with Gasteiger partial charge in [-0.3, -0.25) is 14.6 Å². The standard InChI is InChI=1S/C31H57N3O4/c1-3-5-7-9-10-11-12-13-14-17-25(24-29-27(30(37)38-29)19-15-8-6-4-2)23-28(36)26(20-22-35)18-16-21-34-31(32)33/h22,25-27,29H,3-21,23-24H2,1-2H3,(H4,32,33,34)/t25-,26-,27+,29+/m1/s1. The lowest BCUT2D eigenvalue weighted by molar-refractivity contribution is -0.187. The van der Waals surface area contributed by atoms with Gasteiger partial charge in [0.2, 0.25) is 0 Å². The van der Waals surface area contributed by atoms with Crippen molar-refractivity contribution in [1.29, 1.82) is 0 Å². The van der Waals surface area contributed by atoms with Gasteiger partial charge in [-0.25, -0.2) is 0 Å². The fraction of sp³-hybridized carbons (Fsp3) is 0.871. The highest BCUT2D eigenvalue weighted by Crippen LogP contribution is 2.35. The van der Waals surface area contributed by atoms with Crippen molar-refractivity contribution in [3.8, 4) is 0 Å². The smallest absolute Gasteiger partial charge is 0.313 e. The molecule has 1 rings (SSSR count). The number of cyclic esters (lactones) is 1. The highest BCUT2D eigenvalue weighted by Gasteiger charge is 2.42. The van der Waals surface area contributed by atoms with E-state index in [4.69, 9.17) is 16.2 Å². The number of nitrogens with zero attached hydrogens (tertiary/aromatic N) is 1. The Kier molecular flexibility index (Phi) is 19.7. The Labute approximate surface area is 232 Å². The molecule has 38 heavy (non-hydrogen) atoms. The van der Waals surface area contributed by atoms with Gasteiger partial charge in [-0.2, -0.15) is 0 Å². The number of aldehydes is 1. The van der Waals surface area contributed by atoms with Crippen LogP contribution in [0.2, 0.25) is 0 Å². The van der Waals surface area contributed by atoms with Gasteiger partial charge in [-0.1, -0.05) is 97.3 Å². The maximum absolute atomic E-state index is 13.3. The molecule has 7 heteroatoms. The second kappa shape index (κ2) is 22.0. The number of hydrogen-bond acceptors (Lipinski definition) is 5. The van der Waals surface area contributed by atoms with Crippen LogP contribution in [-0.4, -0.2) is 36.6 Å². The van der Waals surface area contributed by atoms with E-state index in [0.29, 0.717) is 25.8 Å². The zero-order chi connectivity index (χ0) is 28.0. The second-order valence-corrected chi connectivity index (χ2v) is 11.4. The van der Waals surface area contributed by atoms with Crippen molar-refractivity contribution in [3.63, 3.8) is 0 Å². The van der Waals surface area contributed by atoms with Gasteiger partial charge < -0.3 is 21.0 Å². The van der Waals surface area contributed by atoms with E-state index in [-0.39, 0.29) is 48.0 Å². The van der Waals surface area contributed by atoms with Crippen molar-refractivity contribution in [3.05, 3.63) is 0 Å². The van der Waals surface area contributed by atoms with Crippen molar-refractivity contribution in [2.45, 2.75) is 148 Å². The number of ketones is 1. The van der Waals surface area contributed by atoms with E-state index in [1.165, 1.54) is 64.2 Å². The minimum atomic E-state index is -0.291. The summed E-state index contributed by atoms with van der Waals surface area (Å²) in [4.78, 5) is 40.7. The number of rotatable bonds is 26. The molecule has 0 aromatic heterocycles. The minimum Gasteiger partial charge on any atom is -0.461 e. The Morgan fingerprint density at radius 1 is 0.895 bits per heavy atom. The number of hydrogen-bond donors (Lipinski definition) is 2. The fourth-order valence-electron chi connectivity index (χ4n) is 5.60. The van der Waals surface area contributed by atoms with Crippen molar-refractivity contribution in [2.75, 3.05) is 6.54 Å². The summed E-state index contributed by atoms with van der Waals surface area (Å²) in [6, 6.07) is 0. The summed E-state index contributed by atoms with van der Waals surface area (Å²) in [5.74, 6) is 0.00357. The van der Waals surface area contributed by atoms with E-state index >= 15 is 0 Å². The zero-order valence-corrected chi connectivity index (χ0v) is 24.5. The van der Waals surface area contributed by atoms with E-state index in [1.54, 1.807) is 0 Å². The molecule has 0 bridgehead atoms. The molecular formula is C31H57N3O4. The van der Waals surface area contributed by atoms with Crippen LogP contribution < -0.4 is 11.5 Å². The normalized spacial score (nSPS) is 18.3. The molecule has 7 nitrogen and oxygen atoms in total. The van der Waals surface area contributed by atoms with Gasteiger partial charge in [0, 0.05) is 25.3 Å². The van der Waals surface area contributed by atoms with Crippen LogP contribution in [0.1, 0.15) is 142 Å². The van der Waals surface area contributed by atoms with E-state index in [9.17, 15) is 14.4 Å². The number of carbonyl (C=O) groups is 3. The van der Waals surface area contributed by atoms with Crippen LogP contribution in [-0.2, 0) is 19.1 Å². The largest absolute Gasteiger partial charge is 0.461 e. The van der Waals surface area contributed by atoms with Crippen LogP contribution >= 0.6 is 0 Å². The summed E-state index contributed by atoms with van der Waals surface area (Å²) in [7, 11) is 0. The molecule has 0 spiro atoms. The Hall–Kier alpha value is -1.92. The third kappa shape index (κ3) is 15.5. The van der Waals surface area contributed by atoms with Crippen LogP contribution in [0.4, 0.5) is 0 Å². The minimum absolute atomic E-state index is 0.0158. The molecule has 0 unspecified atom stereocenters. The van der Waals surface area contributed by atoms with Gasteiger partial charge >= 0.3 is 5.97 Å². The first-order chi connectivity index (χ1) is 18.4. The molecule has 0 radical (unpaired) electrons. The Morgan fingerprint density at radius 2 is 1.50 bits per heavy atom. The molecular weight excluding hydrogens is 478 g/mol. The molecule has 0 saturated carbocycles. The summed E-state index contributed by atoms with van der Waals surface area (Å²) in [6.07, 6.45) is 21.4. The molecule has 0 aromatic carbocycles. The number of unbranched alkanes of at least 4 members (excludes halogenated alkanes) is 11. The maximum atomic E-state index is 13.3. The quantitative estimate of drug-likeness (QED) is 0.0420. The summed E-state index contributed by atoms with van der Waals surface area (Å²) < 4.78 is 5.58. The molecule has 4 N–H and O–H groups in total. The molecule has 0 aliphatic carbocycles. The summed E-state index contributed by atoms with van der Waals surface area (Å²) in [6.45, 7) is 4.89. The number of carbonyl (C=O) groups excluding carboxylic acids is 3. The molecule has 220 valence electrons. The number of Topliss-reactive ketones (excluding diaryl/α,β-unsaturated/α-hetero) is 1. The number of esters is 1. The number of guanidine groups is 1. The first-order valence-electron chi connectivity index (χ1n) is 15.6. The predicted octanol–water partition coefficient (Wildman–Crippen LogP) is 6.64. The number of nitrogens with two attached hydrogens (primary N) is 2. The second-order valence-electron chi connectivity index (χ2n) is 11.4. The first kappa shape index (κ1) is 34.1. The van der Waals surface area contributed by atoms with Crippen LogP contribution in [0.5, 0.6) is 0 Å². The van der Waals surface area contributed by atoms with E-state index in [2.05, 4.69) is 18.8 Å². The average Bonchev–Trinajstić information content (AvgIpc) is 2.88. The monoisotopic (exact) mass is 535 g/mol. The van der Waals surface area contributed by atoms with Crippen LogP contribution in [0.3, 0.4) is 0 Å². The van der Waals surface area contributed by atoms with Crippen molar-refractivity contribution in [2.24, 2.45) is 34.2 Å². The van der Waals surface area contributed by atoms with Crippen LogP contribution in [0, 0.1) is 17.8 Å². The molecule has 1 fully saturated rings. The molecule has 0 amide bonds. The van der Waals surface area contributed by atoms with E-state index in [0.717, 1.165) is 44.8 Å². The first-order valence-corrected chi connectivity index (χ1v) is 15.6. The van der Waals surface area contributed by atoms with Crippen LogP contribution in [0.25, 0.3) is 0 Å². The van der Waals surface area contributed by atoms with Crippen molar-refractivity contribution >= 4 is 24.0 Å². The van der Waals surface area contributed by atoms with Gasteiger partial charge in [0.25, 0.3) is 0 Å². The van der Waals surface area contributed by atoms with Gasteiger partial charge in [0.15, 0.2) is 5.96 Å². The fourth-order valence-corrected chi connectivity index (χ4v) is 5.60. The van der Waals surface area contributed by atoms with Gasteiger partial charge in [-0.05, 0) is 38.0 Å². The van der Waals surface area contributed by atoms with Gasteiger partial charge in [0.1, 0.15) is 18.2 Å². The molecule has 0 aromatic rings. The van der Waals surface area contributed by atoms with E-state index in [1.807, 2.05) is 0 Å². The molecule has 1 aliphatic heterocycles. The average molecular weight is 536 g/mol. The predicted molar refractivity (Wildman–Crippen MR) is 156 cm³/mol. The molecule has 1 aliphatic rings. The topological polar surface area (TPSA) is 125 Å². The lowest BCUT2D eigenvalue weighted by Crippen LogP contribution is -2.46. The summed E-state index contributed by atoms with van der Waals surface area (Å²) in [5.41, 5.74) is 10.8. The third-order valence-corrected chi connectivity index (χ3v) is 8.00. The Balaban J connectivity index is 2.62. The maximum Gasteiger partial charge on any atom is 0.313 e. The highest BCUT2D eigenvalue weighted by molar-refractivity contribution is 5.83. The molecule has 1 heterocycles. The highest BCUT2D eigenvalue weighted by atomic mass is 16.6. The summed E-state index contributed by atoms with van der Waals surface area (Å²) >= 11 is 0. The molecule has 1 saturated heterocycles. The lowest BCUT2D eigenvalue weighted by atomic mass is 9.80. The van der Waals surface area contributed by atoms with Gasteiger partial charge in [0.05, 0.1) is 5.92 Å². The van der Waals surface area contributed by atoms with Crippen molar-refractivity contribution in [1.82, 2.24) is 0 Å². The SMILES string of the molecule is CCCCCCCCCCC[C@H](CC(=O)[C@@H](CC=O)CCCN=C(N)N)C[C@@H]1OC(=O)[C@H]1CCCCCC. The summed E-state index contributed by atoms with van der Waals surface area (Å²) in [5, 5.41) is 0. The Bertz CT molecular complexity index is 678. The number of ether oxygens (including phenoxy) is 1.